The number of para-hydroxylation sites is 1. The molecule has 1 atom stereocenters. The monoisotopic (exact) mass is 272 g/mol. The van der Waals surface area contributed by atoms with E-state index in [1.165, 1.54) is 12.1 Å². The SMILES string of the molecule is C=CC(F)ON(C(=O)N=S(=O)=O)c1ccccc1. The molecule has 0 aromatic heterocycles. The molecule has 0 radical (unpaired) electrons. The Labute approximate surface area is 104 Å². The number of urea groups is 1. The highest BCUT2D eigenvalue weighted by Crippen LogP contribution is 2.17. The molecule has 0 bridgehead atoms. The smallest absolute Gasteiger partial charge is 0.242 e. The Bertz CT molecular complexity index is 551. The van der Waals surface area contributed by atoms with Crippen LogP contribution in [0.15, 0.2) is 47.3 Å². The molecule has 0 aliphatic rings. The predicted octanol–water partition coefficient (Wildman–Crippen LogP) is 2.09. The first-order valence-electron chi connectivity index (χ1n) is 4.68. The van der Waals surface area contributed by atoms with Crippen molar-refractivity contribution in [3.05, 3.63) is 43.0 Å². The first kappa shape index (κ1) is 14.0. The molecule has 1 aromatic rings. The lowest BCUT2D eigenvalue weighted by molar-refractivity contribution is -0.00588. The van der Waals surface area contributed by atoms with Crippen LogP contribution in [0.2, 0.25) is 0 Å². The van der Waals surface area contributed by atoms with Gasteiger partial charge in [0, 0.05) is 0 Å². The minimum Gasteiger partial charge on any atom is -0.242 e. The topological polar surface area (TPSA) is 76.0 Å². The van der Waals surface area contributed by atoms with Crippen LogP contribution >= 0.6 is 0 Å². The summed E-state index contributed by atoms with van der Waals surface area (Å²) in [5.41, 5.74) is 0.140. The standard InChI is InChI=1S/C10H9FN2O4S/c1-2-9(11)17-13(10(14)12-18(15)16)8-6-4-3-5-7-8/h2-7,9H,1H2. The molecule has 1 rings (SSSR count). The maximum Gasteiger partial charge on any atom is 0.387 e. The summed E-state index contributed by atoms with van der Waals surface area (Å²) in [4.78, 5) is 16.0. The molecule has 0 saturated heterocycles. The summed E-state index contributed by atoms with van der Waals surface area (Å²) in [6.45, 7) is 3.14. The number of rotatable bonds is 4. The molecule has 8 heteroatoms. The van der Waals surface area contributed by atoms with Crippen LogP contribution in [0.4, 0.5) is 14.9 Å². The molecule has 0 aliphatic carbocycles. The van der Waals surface area contributed by atoms with Crippen LogP contribution in [0.5, 0.6) is 0 Å². The average Bonchev–Trinajstić information content (AvgIpc) is 2.35. The van der Waals surface area contributed by atoms with Crippen molar-refractivity contribution in [2.24, 2.45) is 4.36 Å². The molecule has 18 heavy (non-hydrogen) atoms. The van der Waals surface area contributed by atoms with Crippen molar-refractivity contribution < 1.29 is 22.4 Å². The highest BCUT2D eigenvalue weighted by Gasteiger charge is 2.20. The third-order valence-corrected chi connectivity index (χ3v) is 2.01. The van der Waals surface area contributed by atoms with Crippen LogP contribution < -0.4 is 5.06 Å². The van der Waals surface area contributed by atoms with Crippen molar-refractivity contribution in [3.63, 3.8) is 0 Å². The third-order valence-electron chi connectivity index (χ3n) is 1.71. The second-order valence-electron chi connectivity index (χ2n) is 2.91. The van der Waals surface area contributed by atoms with Crippen molar-refractivity contribution in [1.82, 2.24) is 0 Å². The zero-order valence-corrected chi connectivity index (χ0v) is 9.88. The summed E-state index contributed by atoms with van der Waals surface area (Å²) >= 11 is 0. The molecule has 1 unspecified atom stereocenters. The number of anilines is 1. The minimum atomic E-state index is -2.95. The Morgan fingerprint density at radius 1 is 1.44 bits per heavy atom. The van der Waals surface area contributed by atoms with Crippen molar-refractivity contribution in [2.75, 3.05) is 5.06 Å². The second kappa shape index (κ2) is 6.62. The number of carbonyl (C=O) groups excluding carboxylic acids is 1. The first-order valence-corrected chi connectivity index (χ1v) is 5.71. The largest absolute Gasteiger partial charge is 0.387 e. The van der Waals surface area contributed by atoms with E-state index in [-0.39, 0.29) is 5.69 Å². The number of nitrogens with zero attached hydrogens (tertiary/aromatic N) is 2. The molecular formula is C10H9FN2O4S. The van der Waals surface area contributed by atoms with Gasteiger partial charge in [-0.2, -0.15) is 13.5 Å². The highest BCUT2D eigenvalue weighted by molar-refractivity contribution is 7.62. The number of hydrogen-bond acceptors (Lipinski definition) is 4. The Hall–Kier alpha value is -2.06. The lowest BCUT2D eigenvalue weighted by atomic mass is 10.3. The van der Waals surface area contributed by atoms with Gasteiger partial charge < -0.3 is 0 Å². The fourth-order valence-electron chi connectivity index (χ4n) is 1.02. The van der Waals surface area contributed by atoms with Gasteiger partial charge in [-0.05, 0) is 18.2 Å². The van der Waals surface area contributed by atoms with Gasteiger partial charge in [-0.25, -0.2) is 14.0 Å². The maximum atomic E-state index is 13.0. The van der Waals surface area contributed by atoms with Crippen LogP contribution in [0.1, 0.15) is 0 Å². The lowest BCUT2D eigenvalue weighted by Crippen LogP contribution is -2.31. The summed E-state index contributed by atoms with van der Waals surface area (Å²) in [6.07, 6.45) is -1.17. The number of halogens is 1. The molecule has 0 aliphatic heterocycles. The van der Waals surface area contributed by atoms with Crippen molar-refractivity contribution >= 4 is 22.2 Å². The van der Waals surface area contributed by atoms with Gasteiger partial charge in [-0.15, -0.1) is 0 Å². The second-order valence-corrected chi connectivity index (χ2v) is 3.53. The number of alkyl halides is 1. The molecule has 96 valence electrons. The van der Waals surface area contributed by atoms with Crippen LogP contribution in [-0.4, -0.2) is 20.8 Å². The fourth-order valence-corrected chi connectivity index (χ4v) is 1.23. The molecule has 2 amide bonds. The van der Waals surface area contributed by atoms with Crippen molar-refractivity contribution in [1.29, 1.82) is 0 Å². The van der Waals surface area contributed by atoms with E-state index in [0.717, 1.165) is 6.08 Å². The van der Waals surface area contributed by atoms with Gasteiger partial charge in [0.2, 0.25) is 6.36 Å². The Morgan fingerprint density at radius 3 is 2.56 bits per heavy atom. The molecule has 0 spiro atoms. The van der Waals surface area contributed by atoms with Gasteiger partial charge in [0.05, 0.1) is 5.69 Å². The van der Waals surface area contributed by atoms with Crippen LogP contribution in [0.3, 0.4) is 0 Å². The zero-order chi connectivity index (χ0) is 13.5. The number of amides is 2. The summed E-state index contributed by atoms with van der Waals surface area (Å²) in [6, 6.07) is 6.38. The normalized spacial score (nSPS) is 11.4. The molecule has 0 N–H and O–H groups in total. The average molecular weight is 272 g/mol. The van der Waals surface area contributed by atoms with E-state index in [9.17, 15) is 17.6 Å². The van der Waals surface area contributed by atoms with Crippen molar-refractivity contribution in [3.8, 4) is 0 Å². The summed E-state index contributed by atoms with van der Waals surface area (Å²) < 4.78 is 36.4. The van der Waals surface area contributed by atoms with Gasteiger partial charge in [0.25, 0.3) is 0 Å². The lowest BCUT2D eigenvalue weighted by Gasteiger charge is -2.19. The molecule has 6 nitrogen and oxygen atoms in total. The Kier molecular flexibility index (Phi) is 5.15. The van der Waals surface area contributed by atoms with Gasteiger partial charge >= 0.3 is 16.5 Å². The number of hydrogen-bond donors (Lipinski definition) is 0. The van der Waals surface area contributed by atoms with Gasteiger partial charge in [-0.1, -0.05) is 29.1 Å². The zero-order valence-electron chi connectivity index (χ0n) is 9.06. The Balaban J connectivity index is 3.06. The van der Waals surface area contributed by atoms with E-state index < -0.39 is 22.9 Å². The van der Waals surface area contributed by atoms with E-state index in [1.54, 1.807) is 18.2 Å². The van der Waals surface area contributed by atoms with E-state index in [4.69, 9.17) is 0 Å². The van der Waals surface area contributed by atoms with Crippen LogP contribution in [0.25, 0.3) is 0 Å². The van der Waals surface area contributed by atoms with Gasteiger partial charge in [-0.3, -0.25) is 0 Å². The van der Waals surface area contributed by atoms with Crippen LogP contribution in [-0.2, 0) is 15.3 Å². The molecule has 0 heterocycles. The van der Waals surface area contributed by atoms with Crippen LogP contribution in [0, 0.1) is 0 Å². The summed E-state index contributed by atoms with van der Waals surface area (Å²) in [7, 11) is -2.95. The minimum absolute atomic E-state index is 0.140. The summed E-state index contributed by atoms with van der Waals surface area (Å²) in [5.74, 6) is 0. The molecule has 0 fully saturated rings. The van der Waals surface area contributed by atoms with E-state index in [0.29, 0.717) is 5.06 Å². The quantitative estimate of drug-likeness (QED) is 0.621. The summed E-state index contributed by atoms with van der Waals surface area (Å²) in [5, 5.41) is 0.433. The molecule has 1 aromatic carbocycles. The fraction of sp³-hybridized carbons (Fsp3) is 0.100. The number of hydroxylamine groups is 1. The van der Waals surface area contributed by atoms with Crippen molar-refractivity contribution in [2.45, 2.75) is 6.36 Å². The van der Waals surface area contributed by atoms with E-state index in [2.05, 4.69) is 15.8 Å². The van der Waals surface area contributed by atoms with Gasteiger partial charge in [0.1, 0.15) is 0 Å². The van der Waals surface area contributed by atoms with Gasteiger partial charge in [0.15, 0.2) is 0 Å². The maximum absolute atomic E-state index is 13.0. The molecular weight excluding hydrogens is 263 g/mol. The third kappa shape index (κ3) is 4.07. The Morgan fingerprint density at radius 2 is 2.06 bits per heavy atom. The van der Waals surface area contributed by atoms with E-state index >= 15 is 0 Å². The first-order chi connectivity index (χ1) is 8.54. The predicted molar refractivity (Wildman–Crippen MR) is 61.8 cm³/mol. The number of carbonyl (C=O) groups is 1. The number of benzene rings is 1. The molecule has 0 saturated carbocycles. The van der Waals surface area contributed by atoms with E-state index in [1.807, 2.05) is 0 Å². The highest BCUT2D eigenvalue weighted by atomic mass is 32.2.